The number of aryl methyl sites for hydroxylation is 1. The molecule has 1 aliphatic heterocycles. The lowest BCUT2D eigenvalue weighted by Gasteiger charge is -2.32. The number of amides is 3. The normalized spacial score (nSPS) is 15.9. The number of nitrogens with zero attached hydrogens (tertiary/aromatic N) is 3. The molecule has 0 radical (unpaired) electrons. The van der Waals surface area contributed by atoms with E-state index in [-0.39, 0.29) is 18.0 Å². The molecule has 0 saturated carbocycles. The standard InChI is InChI=1S/C20H28N6O2/c1-14(11-18-12-15(2)23-24-18)21-20(28)22-17-6-4-5-16(13-17)19(27)26-9-7-25(3)8-10-26/h4-6,12-14H,7-11H2,1-3H3,(H,23,24)(H2,21,22,28). The smallest absolute Gasteiger partial charge is 0.319 e. The number of carbonyl (C=O) groups excluding carboxylic acids is 2. The first-order valence-corrected chi connectivity index (χ1v) is 9.57. The van der Waals surface area contributed by atoms with Crippen LogP contribution in [0.2, 0.25) is 0 Å². The van der Waals surface area contributed by atoms with Crippen LogP contribution in [0.15, 0.2) is 30.3 Å². The average molecular weight is 384 g/mol. The predicted octanol–water partition coefficient (Wildman–Crippen LogP) is 1.86. The van der Waals surface area contributed by atoms with Gasteiger partial charge in [-0.1, -0.05) is 6.07 Å². The van der Waals surface area contributed by atoms with Crippen LogP contribution in [0, 0.1) is 6.92 Å². The van der Waals surface area contributed by atoms with Crippen molar-refractivity contribution in [3.8, 4) is 0 Å². The van der Waals surface area contributed by atoms with E-state index in [2.05, 4.69) is 32.8 Å². The minimum atomic E-state index is -0.302. The fraction of sp³-hybridized carbons (Fsp3) is 0.450. The first-order chi connectivity index (χ1) is 13.4. The minimum absolute atomic E-state index is 0.000529. The maximum absolute atomic E-state index is 12.7. The van der Waals surface area contributed by atoms with Crippen LogP contribution in [0.5, 0.6) is 0 Å². The molecule has 8 heteroatoms. The van der Waals surface area contributed by atoms with E-state index in [1.165, 1.54) is 0 Å². The van der Waals surface area contributed by atoms with E-state index in [0.29, 0.717) is 17.7 Å². The second-order valence-electron chi connectivity index (χ2n) is 7.42. The third-order valence-corrected chi connectivity index (χ3v) is 4.81. The van der Waals surface area contributed by atoms with Crippen LogP contribution in [0.4, 0.5) is 10.5 Å². The summed E-state index contributed by atoms with van der Waals surface area (Å²) in [5.41, 5.74) is 3.08. The average Bonchev–Trinajstić information content (AvgIpc) is 3.06. The molecule has 3 amide bonds. The molecule has 1 atom stereocenters. The molecule has 0 spiro atoms. The molecule has 2 aromatic rings. The van der Waals surface area contributed by atoms with Crippen LogP contribution in [-0.2, 0) is 6.42 Å². The van der Waals surface area contributed by atoms with Gasteiger partial charge in [0.2, 0.25) is 0 Å². The van der Waals surface area contributed by atoms with E-state index in [1.54, 1.807) is 24.3 Å². The van der Waals surface area contributed by atoms with Crippen molar-refractivity contribution >= 4 is 17.6 Å². The summed E-state index contributed by atoms with van der Waals surface area (Å²) in [4.78, 5) is 29.0. The van der Waals surface area contributed by atoms with E-state index in [9.17, 15) is 9.59 Å². The molecule has 1 aromatic carbocycles. The van der Waals surface area contributed by atoms with Crippen LogP contribution >= 0.6 is 0 Å². The van der Waals surface area contributed by atoms with Gasteiger partial charge in [-0.25, -0.2) is 4.79 Å². The zero-order valence-electron chi connectivity index (χ0n) is 16.7. The van der Waals surface area contributed by atoms with Crippen LogP contribution in [0.25, 0.3) is 0 Å². The van der Waals surface area contributed by atoms with Gasteiger partial charge in [0.1, 0.15) is 0 Å². The number of likely N-dealkylation sites (N-methyl/N-ethyl adjacent to an activating group) is 1. The van der Waals surface area contributed by atoms with E-state index < -0.39 is 0 Å². The second kappa shape index (κ2) is 8.88. The summed E-state index contributed by atoms with van der Waals surface area (Å²) < 4.78 is 0. The minimum Gasteiger partial charge on any atom is -0.336 e. The third-order valence-electron chi connectivity index (χ3n) is 4.81. The topological polar surface area (TPSA) is 93.4 Å². The van der Waals surface area contributed by atoms with Crippen molar-refractivity contribution in [2.45, 2.75) is 26.3 Å². The Labute approximate surface area is 165 Å². The number of nitrogens with one attached hydrogen (secondary N) is 3. The Morgan fingerprint density at radius 1 is 1.21 bits per heavy atom. The van der Waals surface area contributed by atoms with Crippen molar-refractivity contribution in [2.75, 3.05) is 38.5 Å². The highest BCUT2D eigenvalue weighted by Gasteiger charge is 2.20. The Balaban J connectivity index is 1.54. The first-order valence-electron chi connectivity index (χ1n) is 9.57. The summed E-state index contributed by atoms with van der Waals surface area (Å²) >= 11 is 0. The molecule has 3 rings (SSSR count). The van der Waals surface area contributed by atoms with Gasteiger partial charge in [0, 0.05) is 55.6 Å². The molecular weight excluding hydrogens is 356 g/mol. The van der Waals surface area contributed by atoms with Gasteiger partial charge in [-0.2, -0.15) is 5.10 Å². The quantitative estimate of drug-likeness (QED) is 0.734. The molecule has 1 saturated heterocycles. The number of hydrogen-bond acceptors (Lipinski definition) is 4. The third kappa shape index (κ3) is 5.32. The molecule has 0 aliphatic carbocycles. The molecule has 28 heavy (non-hydrogen) atoms. The highest BCUT2D eigenvalue weighted by atomic mass is 16.2. The lowest BCUT2D eigenvalue weighted by atomic mass is 10.1. The number of aromatic amines is 1. The van der Waals surface area contributed by atoms with Crippen molar-refractivity contribution in [3.05, 3.63) is 47.3 Å². The van der Waals surface area contributed by atoms with E-state index in [1.807, 2.05) is 24.8 Å². The SMILES string of the molecule is Cc1cc(CC(C)NC(=O)Nc2cccc(C(=O)N3CCN(C)CC3)c2)n[nH]1. The number of H-pyrrole nitrogens is 1. The van der Waals surface area contributed by atoms with Gasteiger partial charge >= 0.3 is 6.03 Å². The lowest BCUT2D eigenvalue weighted by molar-refractivity contribution is 0.0664. The summed E-state index contributed by atoms with van der Waals surface area (Å²) in [7, 11) is 2.05. The largest absolute Gasteiger partial charge is 0.336 e. The monoisotopic (exact) mass is 384 g/mol. The Bertz CT molecular complexity index is 826. The highest BCUT2D eigenvalue weighted by molar-refractivity contribution is 5.97. The van der Waals surface area contributed by atoms with Crippen molar-refractivity contribution < 1.29 is 9.59 Å². The number of rotatable bonds is 5. The molecular formula is C20H28N6O2. The van der Waals surface area contributed by atoms with Crippen molar-refractivity contribution in [1.29, 1.82) is 0 Å². The molecule has 1 unspecified atom stereocenters. The number of carbonyl (C=O) groups is 2. The number of piperazine rings is 1. The Hall–Kier alpha value is -2.87. The van der Waals surface area contributed by atoms with Crippen LogP contribution < -0.4 is 10.6 Å². The molecule has 1 aliphatic rings. The molecule has 1 aromatic heterocycles. The molecule has 0 bridgehead atoms. The Morgan fingerprint density at radius 2 is 1.96 bits per heavy atom. The first kappa shape index (κ1) is 19.9. The van der Waals surface area contributed by atoms with Gasteiger partial charge in [-0.3, -0.25) is 9.89 Å². The van der Waals surface area contributed by atoms with Crippen LogP contribution in [0.1, 0.15) is 28.7 Å². The van der Waals surface area contributed by atoms with Crippen molar-refractivity contribution in [2.24, 2.45) is 0 Å². The number of urea groups is 1. The van der Waals surface area contributed by atoms with E-state index >= 15 is 0 Å². The summed E-state index contributed by atoms with van der Waals surface area (Å²) in [5, 5.41) is 12.8. The van der Waals surface area contributed by atoms with E-state index in [4.69, 9.17) is 0 Å². The summed E-state index contributed by atoms with van der Waals surface area (Å²) in [6.07, 6.45) is 0.639. The van der Waals surface area contributed by atoms with Gasteiger partial charge < -0.3 is 20.4 Å². The zero-order valence-corrected chi connectivity index (χ0v) is 16.7. The van der Waals surface area contributed by atoms with Crippen molar-refractivity contribution in [3.63, 3.8) is 0 Å². The summed E-state index contributed by atoms with van der Waals surface area (Å²) in [6.45, 7) is 7.06. The fourth-order valence-electron chi connectivity index (χ4n) is 3.26. The van der Waals surface area contributed by atoms with Gasteiger partial charge in [0.05, 0.1) is 5.69 Å². The maximum atomic E-state index is 12.7. The number of hydrogen-bond donors (Lipinski definition) is 3. The lowest BCUT2D eigenvalue weighted by Crippen LogP contribution is -2.47. The summed E-state index contributed by atoms with van der Waals surface area (Å²) in [5.74, 6) is -0.000529. The number of anilines is 1. The highest BCUT2D eigenvalue weighted by Crippen LogP contribution is 2.14. The molecule has 1 fully saturated rings. The Kier molecular flexibility index (Phi) is 6.30. The fourth-order valence-corrected chi connectivity index (χ4v) is 3.26. The number of benzene rings is 1. The maximum Gasteiger partial charge on any atom is 0.319 e. The second-order valence-corrected chi connectivity index (χ2v) is 7.42. The molecule has 2 heterocycles. The zero-order chi connectivity index (χ0) is 20.1. The van der Waals surface area contributed by atoms with Gasteiger partial charge in [0.15, 0.2) is 0 Å². The predicted molar refractivity (Wildman–Crippen MR) is 108 cm³/mol. The van der Waals surface area contributed by atoms with Crippen LogP contribution in [-0.4, -0.2) is 71.2 Å². The Morgan fingerprint density at radius 3 is 2.64 bits per heavy atom. The van der Waals surface area contributed by atoms with Gasteiger partial charge in [-0.15, -0.1) is 0 Å². The van der Waals surface area contributed by atoms with Gasteiger partial charge in [-0.05, 0) is 45.2 Å². The number of aromatic nitrogens is 2. The summed E-state index contributed by atoms with van der Waals surface area (Å²) in [6, 6.07) is 8.66. The molecule has 8 nitrogen and oxygen atoms in total. The van der Waals surface area contributed by atoms with Gasteiger partial charge in [0.25, 0.3) is 5.91 Å². The molecule has 3 N–H and O–H groups in total. The molecule has 150 valence electrons. The van der Waals surface area contributed by atoms with E-state index in [0.717, 1.165) is 37.6 Å². The van der Waals surface area contributed by atoms with Crippen LogP contribution in [0.3, 0.4) is 0 Å². The van der Waals surface area contributed by atoms with Crippen molar-refractivity contribution in [1.82, 2.24) is 25.3 Å².